The number of nitro groups is 1. The number of hydrogen-bond donors (Lipinski definition) is 2. The molecule has 8 heteroatoms. The van der Waals surface area contributed by atoms with E-state index in [1.54, 1.807) is 36.9 Å². The first-order valence-electron chi connectivity index (χ1n) is 9.11. The van der Waals surface area contributed by atoms with Crippen LogP contribution in [-0.2, 0) is 11.2 Å². The zero-order valence-electron chi connectivity index (χ0n) is 16.2. The molecule has 8 nitrogen and oxygen atoms in total. The molecule has 0 aliphatic rings. The van der Waals surface area contributed by atoms with Crippen molar-refractivity contribution < 1.29 is 14.8 Å². The van der Waals surface area contributed by atoms with Crippen LogP contribution in [0.4, 0.5) is 5.69 Å². The van der Waals surface area contributed by atoms with Gasteiger partial charge in [-0.05, 0) is 38.1 Å². The number of nitrogens with one attached hydrogen (secondary N) is 1. The van der Waals surface area contributed by atoms with E-state index in [2.05, 4.69) is 10.4 Å². The van der Waals surface area contributed by atoms with E-state index in [1.165, 1.54) is 12.1 Å². The number of hydrogen-bond acceptors (Lipinski definition) is 5. The number of nitrogens with zero attached hydrogens (tertiary/aromatic N) is 3. The fraction of sp³-hybridized carbons (Fsp3) is 0.238. The van der Waals surface area contributed by atoms with Crippen molar-refractivity contribution in [1.82, 2.24) is 15.1 Å². The van der Waals surface area contributed by atoms with Gasteiger partial charge in [0, 0.05) is 36.0 Å². The van der Waals surface area contributed by atoms with Gasteiger partial charge in [-0.1, -0.05) is 18.2 Å². The molecule has 0 radical (unpaired) electrons. The molecular formula is C21H22N4O4. The van der Waals surface area contributed by atoms with Gasteiger partial charge in [-0.25, -0.2) is 4.68 Å². The summed E-state index contributed by atoms with van der Waals surface area (Å²) in [6.45, 7) is 3.36. The Morgan fingerprint density at radius 1 is 1.17 bits per heavy atom. The van der Waals surface area contributed by atoms with E-state index in [4.69, 9.17) is 0 Å². The topological polar surface area (TPSA) is 110 Å². The molecule has 0 aliphatic heterocycles. The maximum atomic E-state index is 12.4. The molecule has 3 aromatic rings. The van der Waals surface area contributed by atoms with Crippen LogP contribution >= 0.6 is 0 Å². The van der Waals surface area contributed by atoms with Crippen molar-refractivity contribution >= 4 is 11.6 Å². The number of carbonyl (C=O) groups is 1. The Hall–Kier alpha value is -3.52. The molecule has 0 saturated carbocycles. The number of rotatable bonds is 7. The van der Waals surface area contributed by atoms with E-state index in [9.17, 15) is 20.0 Å². The van der Waals surface area contributed by atoms with Gasteiger partial charge < -0.3 is 10.4 Å². The van der Waals surface area contributed by atoms with Crippen molar-refractivity contribution in [3.05, 3.63) is 76.5 Å². The lowest BCUT2D eigenvalue weighted by molar-refractivity contribution is -0.384. The SMILES string of the molecule is CC(C)(O)CNC(=O)Cc1cn(-c2ccccc2)nc1-c1ccc([N+](=O)[O-])cc1. The number of carbonyl (C=O) groups excluding carboxylic acids is 1. The molecule has 0 saturated heterocycles. The third-order valence-electron chi connectivity index (χ3n) is 4.23. The van der Waals surface area contributed by atoms with E-state index < -0.39 is 10.5 Å². The molecular weight excluding hydrogens is 372 g/mol. The zero-order valence-corrected chi connectivity index (χ0v) is 16.2. The van der Waals surface area contributed by atoms with Crippen molar-refractivity contribution in [2.75, 3.05) is 6.54 Å². The van der Waals surface area contributed by atoms with E-state index in [0.29, 0.717) is 16.8 Å². The fourth-order valence-electron chi connectivity index (χ4n) is 2.79. The summed E-state index contributed by atoms with van der Waals surface area (Å²) in [7, 11) is 0. The van der Waals surface area contributed by atoms with Gasteiger partial charge in [0.25, 0.3) is 5.69 Å². The minimum absolute atomic E-state index is 0.0132. The number of para-hydroxylation sites is 1. The Bertz CT molecular complexity index is 1010. The largest absolute Gasteiger partial charge is 0.389 e. The van der Waals surface area contributed by atoms with Crippen molar-refractivity contribution in [3.8, 4) is 16.9 Å². The monoisotopic (exact) mass is 394 g/mol. The standard InChI is InChI=1S/C21H22N4O4/c1-21(2,27)14-22-19(26)12-16-13-24(17-6-4-3-5-7-17)23-20(16)15-8-10-18(11-9-15)25(28)29/h3-11,13,27H,12,14H2,1-2H3,(H,22,26). The highest BCUT2D eigenvalue weighted by molar-refractivity contribution is 5.81. The molecule has 2 N–H and O–H groups in total. The highest BCUT2D eigenvalue weighted by Gasteiger charge is 2.18. The van der Waals surface area contributed by atoms with Crippen LogP contribution in [0.25, 0.3) is 16.9 Å². The van der Waals surface area contributed by atoms with Crippen LogP contribution < -0.4 is 5.32 Å². The summed E-state index contributed by atoms with van der Waals surface area (Å²) >= 11 is 0. The van der Waals surface area contributed by atoms with Gasteiger partial charge in [-0.3, -0.25) is 14.9 Å². The van der Waals surface area contributed by atoms with Gasteiger partial charge in [0.2, 0.25) is 5.91 Å². The smallest absolute Gasteiger partial charge is 0.269 e. The van der Waals surface area contributed by atoms with Gasteiger partial charge in [0.15, 0.2) is 0 Å². The Kier molecular flexibility index (Phi) is 5.74. The lowest BCUT2D eigenvalue weighted by Crippen LogP contribution is -2.38. The number of aromatic nitrogens is 2. The van der Waals surface area contributed by atoms with Crippen LogP contribution in [0.2, 0.25) is 0 Å². The van der Waals surface area contributed by atoms with E-state index in [1.807, 2.05) is 30.3 Å². The highest BCUT2D eigenvalue weighted by atomic mass is 16.6. The molecule has 1 amide bonds. The average Bonchev–Trinajstić information content (AvgIpc) is 3.10. The summed E-state index contributed by atoms with van der Waals surface area (Å²) in [5.74, 6) is -0.247. The van der Waals surface area contributed by atoms with Crippen LogP contribution in [0.15, 0.2) is 60.8 Å². The Morgan fingerprint density at radius 2 is 1.83 bits per heavy atom. The van der Waals surface area contributed by atoms with E-state index >= 15 is 0 Å². The van der Waals surface area contributed by atoms with Gasteiger partial charge >= 0.3 is 0 Å². The second-order valence-electron chi connectivity index (χ2n) is 7.35. The quantitative estimate of drug-likeness (QED) is 0.473. The van der Waals surface area contributed by atoms with Gasteiger partial charge in [-0.15, -0.1) is 0 Å². The molecule has 3 rings (SSSR count). The summed E-state index contributed by atoms with van der Waals surface area (Å²) in [5.41, 5.74) is 1.73. The zero-order chi connectivity index (χ0) is 21.0. The van der Waals surface area contributed by atoms with Gasteiger partial charge in [-0.2, -0.15) is 5.10 Å². The molecule has 0 aliphatic carbocycles. The first-order valence-corrected chi connectivity index (χ1v) is 9.11. The first-order chi connectivity index (χ1) is 13.7. The molecule has 1 heterocycles. The van der Waals surface area contributed by atoms with E-state index in [0.717, 1.165) is 5.69 Å². The maximum absolute atomic E-state index is 12.4. The van der Waals surface area contributed by atoms with Crippen molar-refractivity contribution in [3.63, 3.8) is 0 Å². The normalized spacial score (nSPS) is 11.3. The lowest BCUT2D eigenvalue weighted by atomic mass is 10.0. The van der Waals surface area contributed by atoms with Gasteiger partial charge in [0.05, 0.1) is 28.3 Å². The Morgan fingerprint density at radius 3 is 2.41 bits per heavy atom. The Labute approximate surface area is 168 Å². The molecule has 0 atom stereocenters. The number of benzene rings is 2. The summed E-state index contributed by atoms with van der Waals surface area (Å²) < 4.78 is 1.68. The molecule has 2 aromatic carbocycles. The van der Waals surface area contributed by atoms with Crippen molar-refractivity contribution in [2.24, 2.45) is 0 Å². The number of aliphatic hydroxyl groups is 1. The van der Waals surface area contributed by atoms with E-state index in [-0.39, 0.29) is 24.6 Å². The van der Waals surface area contributed by atoms with Crippen LogP contribution in [-0.4, -0.2) is 37.9 Å². The summed E-state index contributed by atoms with van der Waals surface area (Å²) in [5, 5.41) is 28.0. The number of non-ortho nitro benzene ring substituents is 1. The molecule has 0 fully saturated rings. The van der Waals surface area contributed by atoms with Crippen LogP contribution in [0.3, 0.4) is 0 Å². The third kappa shape index (κ3) is 5.26. The first kappa shape index (κ1) is 20.2. The molecule has 0 unspecified atom stereocenters. The highest BCUT2D eigenvalue weighted by Crippen LogP contribution is 2.26. The second-order valence-corrected chi connectivity index (χ2v) is 7.35. The minimum Gasteiger partial charge on any atom is -0.389 e. The predicted molar refractivity (Wildman–Crippen MR) is 109 cm³/mol. The number of amides is 1. The maximum Gasteiger partial charge on any atom is 0.269 e. The predicted octanol–water partition coefficient (Wildman–Crippen LogP) is 2.88. The summed E-state index contributed by atoms with van der Waals surface area (Å²) in [6, 6.07) is 15.5. The average molecular weight is 394 g/mol. The van der Waals surface area contributed by atoms with Crippen LogP contribution in [0.1, 0.15) is 19.4 Å². The third-order valence-corrected chi connectivity index (χ3v) is 4.23. The molecule has 0 spiro atoms. The fourth-order valence-corrected chi connectivity index (χ4v) is 2.79. The molecule has 0 bridgehead atoms. The molecule has 29 heavy (non-hydrogen) atoms. The van der Waals surface area contributed by atoms with Crippen LogP contribution in [0, 0.1) is 10.1 Å². The Balaban J connectivity index is 1.93. The van der Waals surface area contributed by atoms with Crippen molar-refractivity contribution in [1.29, 1.82) is 0 Å². The summed E-state index contributed by atoms with van der Waals surface area (Å²) in [4.78, 5) is 22.8. The van der Waals surface area contributed by atoms with Crippen molar-refractivity contribution in [2.45, 2.75) is 25.9 Å². The minimum atomic E-state index is -1.01. The lowest BCUT2D eigenvalue weighted by Gasteiger charge is -2.17. The molecule has 150 valence electrons. The van der Waals surface area contributed by atoms with Crippen LogP contribution in [0.5, 0.6) is 0 Å². The molecule has 1 aromatic heterocycles. The second kappa shape index (κ2) is 8.24. The van der Waals surface area contributed by atoms with Gasteiger partial charge in [0.1, 0.15) is 0 Å². The summed E-state index contributed by atoms with van der Waals surface area (Å²) in [6.07, 6.45) is 1.84. The number of nitro benzene ring substituents is 1.